The van der Waals surface area contributed by atoms with E-state index in [1.54, 1.807) is 0 Å². The Labute approximate surface area is 160 Å². The number of unbranched alkanes of at least 4 members (excludes halogenated alkanes) is 2. The van der Waals surface area contributed by atoms with E-state index in [-0.39, 0.29) is 11.8 Å². The van der Waals surface area contributed by atoms with Crippen molar-refractivity contribution in [2.75, 3.05) is 0 Å². The largest absolute Gasteiger partial charge is 0.273 e. The van der Waals surface area contributed by atoms with E-state index in [2.05, 4.69) is 45.4 Å². The number of fused-ring (bicyclic) bond motifs is 2. The number of nitrogens with zero attached hydrogens (tertiary/aromatic N) is 2. The highest BCUT2D eigenvalue weighted by Crippen LogP contribution is 2.40. The lowest BCUT2D eigenvalue weighted by Gasteiger charge is -2.31. The van der Waals surface area contributed by atoms with Crippen molar-refractivity contribution in [1.82, 2.24) is 10.9 Å². The summed E-state index contributed by atoms with van der Waals surface area (Å²) in [6, 6.07) is 0. The van der Waals surface area contributed by atoms with E-state index >= 15 is 0 Å². The summed E-state index contributed by atoms with van der Waals surface area (Å²) in [5.41, 5.74) is 7.55. The lowest BCUT2D eigenvalue weighted by molar-refractivity contribution is -0.121. The van der Waals surface area contributed by atoms with Crippen LogP contribution in [0.1, 0.15) is 57.8 Å². The van der Waals surface area contributed by atoms with Crippen LogP contribution >= 0.6 is 0 Å². The molecule has 4 unspecified atom stereocenters. The van der Waals surface area contributed by atoms with Crippen molar-refractivity contribution in [2.24, 2.45) is 33.9 Å². The summed E-state index contributed by atoms with van der Waals surface area (Å²) < 4.78 is 0. The number of allylic oxidation sites excluding steroid dienone is 4. The monoisotopic (exact) mass is 368 g/mol. The minimum atomic E-state index is -0.0343. The van der Waals surface area contributed by atoms with Crippen molar-refractivity contribution in [1.29, 1.82) is 0 Å². The molecule has 4 aliphatic rings. The molecular weight excluding hydrogens is 340 g/mol. The van der Waals surface area contributed by atoms with Crippen LogP contribution in [0.15, 0.2) is 34.5 Å². The molecule has 27 heavy (non-hydrogen) atoms. The molecule has 4 rings (SSSR count). The molecule has 0 spiro atoms. The van der Waals surface area contributed by atoms with Crippen molar-refractivity contribution in [3.05, 3.63) is 24.3 Å². The van der Waals surface area contributed by atoms with E-state index in [4.69, 9.17) is 0 Å². The van der Waals surface area contributed by atoms with E-state index < -0.39 is 0 Å². The smallest absolute Gasteiger partial charge is 0.240 e. The summed E-state index contributed by atoms with van der Waals surface area (Å²) in [5, 5.41) is 8.52. The van der Waals surface area contributed by atoms with Gasteiger partial charge in [0.15, 0.2) is 0 Å². The molecule has 0 heterocycles. The van der Waals surface area contributed by atoms with Gasteiger partial charge in [0.2, 0.25) is 11.8 Å². The molecule has 2 fully saturated rings. The van der Waals surface area contributed by atoms with E-state index in [1.807, 2.05) is 0 Å². The van der Waals surface area contributed by atoms with Gasteiger partial charge in [-0.05, 0) is 50.4 Å². The Morgan fingerprint density at radius 2 is 1.30 bits per heavy atom. The quantitative estimate of drug-likeness (QED) is 0.392. The molecule has 144 valence electrons. The van der Waals surface area contributed by atoms with Crippen molar-refractivity contribution < 1.29 is 9.59 Å². The highest BCUT2D eigenvalue weighted by molar-refractivity contribution is 5.96. The second-order valence-corrected chi connectivity index (χ2v) is 8.14. The van der Waals surface area contributed by atoms with Crippen LogP contribution in [0.3, 0.4) is 0 Å². The zero-order valence-electron chi connectivity index (χ0n) is 15.7. The van der Waals surface area contributed by atoms with Crippen molar-refractivity contribution >= 4 is 23.2 Å². The fourth-order valence-electron chi connectivity index (χ4n) is 4.45. The summed E-state index contributed by atoms with van der Waals surface area (Å²) in [6.45, 7) is 0. The van der Waals surface area contributed by atoms with Crippen LogP contribution in [-0.2, 0) is 9.59 Å². The van der Waals surface area contributed by atoms with Crippen LogP contribution in [0, 0.1) is 23.7 Å². The molecule has 6 heteroatoms. The first-order chi connectivity index (χ1) is 13.2. The normalized spacial score (nSPS) is 32.7. The minimum absolute atomic E-state index is 0.0343. The highest BCUT2D eigenvalue weighted by atomic mass is 16.2. The van der Waals surface area contributed by atoms with Crippen LogP contribution in [-0.4, -0.2) is 23.2 Å². The standard InChI is InChI=1S/C21H28N4O2/c26-20(24-22-18-12-14-6-4-8-16(14)18)10-2-1-3-11-21(27)25-23-19-13-15-7-5-9-17(15)19/h4-5,8-9,14-17H,1-3,6-7,10-13H2,(H,24,26)(H,25,27)/b22-18+,23-19+. The maximum Gasteiger partial charge on any atom is 0.240 e. The maximum atomic E-state index is 11.8. The third-order valence-corrected chi connectivity index (χ3v) is 6.25. The molecule has 0 aromatic heterocycles. The Balaban J connectivity index is 1.04. The Kier molecular flexibility index (Phi) is 5.50. The minimum Gasteiger partial charge on any atom is -0.273 e. The first-order valence-corrected chi connectivity index (χ1v) is 10.2. The van der Waals surface area contributed by atoms with Gasteiger partial charge >= 0.3 is 0 Å². The first kappa shape index (κ1) is 18.1. The zero-order valence-corrected chi connectivity index (χ0v) is 15.7. The van der Waals surface area contributed by atoms with Gasteiger partial charge < -0.3 is 0 Å². The van der Waals surface area contributed by atoms with Crippen LogP contribution in [0.25, 0.3) is 0 Å². The van der Waals surface area contributed by atoms with Gasteiger partial charge in [-0.1, -0.05) is 30.7 Å². The van der Waals surface area contributed by atoms with E-state index in [0.29, 0.717) is 24.7 Å². The van der Waals surface area contributed by atoms with Crippen LogP contribution in [0.4, 0.5) is 0 Å². The van der Waals surface area contributed by atoms with Crippen molar-refractivity contribution in [3.63, 3.8) is 0 Å². The number of carbonyl (C=O) groups is 2. The number of amides is 2. The lowest BCUT2D eigenvalue weighted by atomic mass is 9.74. The molecule has 0 aromatic carbocycles. The van der Waals surface area contributed by atoms with Gasteiger partial charge in [0.25, 0.3) is 0 Å². The third kappa shape index (κ3) is 4.20. The molecule has 2 saturated carbocycles. The zero-order chi connectivity index (χ0) is 18.6. The van der Waals surface area contributed by atoms with Gasteiger partial charge in [-0.3, -0.25) is 9.59 Å². The predicted molar refractivity (Wildman–Crippen MR) is 105 cm³/mol. The van der Waals surface area contributed by atoms with Gasteiger partial charge in [-0.25, -0.2) is 10.9 Å². The third-order valence-electron chi connectivity index (χ3n) is 6.25. The van der Waals surface area contributed by atoms with Crippen molar-refractivity contribution in [2.45, 2.75) is 57.8 Å². The van der Waals surface area contributed by atoms with Gasteiger partial charge in [0, 0.05) is 36.1 Å². The first-order valence-electron chi connectivity index (χ1n) is 10.2. The SMILES string of the molecule is O=C(CCCCCC(=O)N/N=C1\CC2CC=CC12)N/N=C1\CC2CC=CC12. The molecule has 4 aliphatic carbocycles. The van der Waals surface area contributed by atoms with Crippen LogP contribution in [0.5, 0.6) is 0 Å². The number of hydrogen-bond acceptors (Lipinski definition) is 4. The van der Waals surface area contributed by atoms with Crippen molar-refractivity contribution in [3.8, 4) is 0 Å². The topological polar surface area (TPSA) is 82.9 Å². The summed E-state index contributed by atoms with van der Waals surface area (Å²) in [4.78, 5) is 23.7. The Morgan fingerprint density at radius 3 is 1.74 bits per heavy atom. The molecule has 2 N–H and O–H groups in total. The summed E-state index contributed by atoms with van der Waals surface area (Å²) in [6.07, 6.45) is 16.4. The fraction of sp³-hybridized carbons (Fsp3) is 0.619. The molecule has 0 saturated heterocycles. The second kappa shape index (κ2) is 8.19. The molecular formula is C21H28N4O2. The summed E-state index contributed by atoms with van der Waals surface area (Å²) in [5.74, 6) is 2.29. The molecule has 0 radical (unpaired) electrons. The Bertz CT molecular complexity index is 662. The number of carbonyl (C=O) groups excluding carboxylic acids is 2. The average molecular weight is 368 g/mol. The van der Waals surface area contributed by atoms with E-state index in [9.17, 15) is 9.59 Å². The van der Waals surface area contributed by atoms with Crippen LogP contribution < -0.4 is 10.9 Å². The number of rotatable bonds is 8. The Hall–Kier alpha value is -2.24. The van der Waals surface area contributed by atoms with Crippen LogP contribution in [0.2, 0.25) is 0 Å². The maximum absolute atomic E-state index is 11.8. The molecule has 2 amide bonds. The lowest BCUT2D eigenvalue weighted by Crippen LogP contribution is -2.35. The number of hydrogen-bond donors (Lipinski definition) is 2. The highest BCUT2D eigenvalue weighted by Gasteiger charge is 2.38. The van der Waals surface area contributed by atoms with E-state index in [0.717, 1.165) is 68.2 Å². The number of hydrazone groups is 2. The number of nitrogens with one attached hydrogen (secondary N) is 2. The fourth-order valence-corrected chi connectivity index (χ4v) is 4.45. The Morgan fingerprint density at radius 1 is 0.815 bits per heavy atom. The van der Waals surface area contributed by atoms with Gasteiger partial charge in [0.05, 0.1) is 0 Å². The van der Waals surface area contributed by atoms with Gasteiger partial charge in [0.1, 0.15) is 0 Å². The average Bonchev–Trinajstić information content (AvgIpc) is 3.18. The summed E-state index contributed by atoms with van der Waals surface area (Å²) in [7, 11) is 0. The molecule has 0 aliphatic heterocycles. The predicted octanol–water partition coefficient (Wildman–Crippen LogP) is 3.07. The summed E-state index contributed by atoms with van der Waals surface area (Å²) >= 11 is 0. The molecule has 0 bridgehead atoms. The van der Waals surface area contributed by atoms with E-state index in [1.165, 1.54) is 0 Å². The molecule has 4 atom stereocenters. The van der Waals surface area contributed by atoms with Gasteiger partial charge in [-0.15, -0.1) is 0 Å². The second-order valence-electron chi connectivity index (χ2n) is 8.14. The molecule has 6 nitrogen and oxygen atoms in total. The molecule has 0 aromatic rings. The van der Waals surface area contributed by atoms with Gasteiger partial charge in [-0.2, -0.15) is 10.2 Å².